The quantitative estimate of drug-likeness (QED) is 0.703. The molecule has 6 heteroatoms. The molecule has 136 valence electrons. The number of ether oxygens (including phenoxy) is 2. The monoisotopic (exact) mass is 355 g/mol. The van der Waals surface area contributed by atoms with Crippen molar-refractivity contribution < 1.29 is 24.2 Å². The van der Waals surface area contributed by atoms with Crippen LogP contribution in [-0.4, -0.2) is 30.2 Å². The molecule has 6 nitrogen and oxygen atoms in total. The first-order valence-corrected chi connectivity index (χ1v) is 8.25. The van der Waals surface area contributed by atoms with E-state index in [1.807, 2.05) is 19.9 Å². The summed E-state index contributed by atoms with van der Waals surface area (Å²) in [5.41, 5.74) is 1.48. The van der Waals surface area contributed by atoms with Crippen LogP contribution in [0.1, 0.15) is 29.8 Å². The molecule has 0 heterocycles. The van der Waals surface area contributed by atoms with Gasteiger partial charge in [0.25, 0.3) is 0 Å². The fraction of sp³-hybridized carbons (Fsp3) is 0.200. The van der Waals surface area contributed by atoms with Crippen molar-refractivity contribution in [2.75, 3.05) is 18.5 Å². The van der Waals surface area contributed by atoms with Gasteiger partial charge in [0.05, 0.1) is 18.8 Å². The molecular formula is C20H21NO5. The average Bonchev–Trinajstić information content (AvgIpc) is 2.62. The highest BCUT2D eigenvalue weighted by Gasteiger charge is 2.06. The van der Waals surface area contributed by atoms with Gasteiger partial charge >= 0.3 is 5.97 Å². The molecule has 26 heavy (non-hydrogen) atoms. The number of carboxylic acids is 1. The number of carbonyl (C=O) groups excluding carboxylic acids is 1. The number of carbonyl (C=O) groups is 2. The van der Waals surface area contributed by atoms with Crippen LogP contribution in [0.4, 0.5) is 5.69 Å². The third-order valence-corrected chi connectivity index (χ3v) is 3.39. The fourth-order valence-corrected chi connectivity index (χ4v) is 2.22. The highest BCUT2D eigenvalue weighted by Crippen LogP contribution is 2.29. The molecule has 0 aliphatic rings. The highest BCUT2D eigenvalue weighted by atomic mass is 16.5. The summed E-state index contributed by atoms with van der Waals surface area (Å²) in [5, 5.41) is 11.5. The molecule has 0 saturated heterocycles. The van der Waals surface area contributed by atoms with Gasteiger partial charge in [0.15, 0.2) is 11.5 Å². The van der Waals surface area contributed by atoms with E-state index in [1.54, 1.807) is 30.3 Å². The van der Waals surface area contributed by atoms with Crippen LogP contribution in [0.15, 0.2) is 48.5 Å². The summed E-state index contributed by atoms with van der Waals surface area (Å²) in [5.74, 6) is -0.0427. The Hall–Kier alpha value is -3.28. The SMILES string of the molecule is CCOc1ccc(C=CC(=O)Nc2ccc(C(=O)O)cc2)cc1OCC. The first-order chi connectivity index (χ1) is 12.5. The number of benzene rings is 2. The molecule has 0 radical (unpaired) electrons. The first-order valence-electron chi connectivity index (χ1n) is 8.25. The van der Waals surface area contributed by atoms with Gasteiger partial charge in [-0.25, -0.2) is 4.79 Å². The highest BCUT2D eigenvalue weighted by molar-refractivity contribution is 6.02. The maximum atomic E-state index is 12.0. The lowest BCUT2D eigenvalue weighted by atomic mass is 10.2. The van der Waals surface area contributed by atoms with Crippen LogP contribution in [-0.2, 0) is 4.79 Å². The van der Waals surface area contributed by atoms with Crippen LogP contribution in [0.25, 0.3) is 6.08 Å². The Labute approximate surface area is 152 Å². The third-order valence-electron chi connectivity index (χ3n) is 3.39. The van der Waals surface area contributed by atoms with Gasteiger partial charge in [-0.2, -0.15) is 0 Å². The minimum absolute atomic E-state index is 0.163. The minimum atomic E-state index is -1.01. The van der Waals surface area contributed by atoms with Crippen LogP contribution in [0.5, 0.6) is 11.5 Å². The zero-order chi connectivity index (χ0) is 18.9. The van der Waals surface area contributed by atoms with Gasteiger partial charge in [0.2, 0.25) is 5.91 Å². The van der Waals surface area contributed by atoms with E-state index in [0.717, 1.165) is 5.56 Å². The Morgan fingerprint density at radius 1 is 1.00 bits per heavy atom. The second-order valence-electron chi connectivity index (χ2n) is 5.28. The summed E-state index contributed by atoms with van der Waals surface area (Å²) in [6, 6.07) is 11.4. The molecule has 0 saturated carbocycles. The molecule has 2 aromatic carbocycles. The predicted molar refractivity (Wildman–Crippen MR) is 99.8 cm³/mol. The number of rotatable bonds is 8. The van der Waals surface area contributed by atoms with E-state index in [4.69, 9.17) is 14.6 Å². The van der Waals surface area contributed by atoms with Crippen molar-refractivity contribution in [2.24, 2.45) is 0 Å². The Bertz CT molecular complexity index is 796. The van der Waals surface area contributed by atoms with E-state index in [1.165, 1.54) is 18.2 Å². The van der Waals surface area contributed by atoms with Crippen LogP contribution in [0, 0.1) is 0 Å². The van der Waals surface area contributed by atoms with Gasteiger partial charge in [-0.15, -0.1) is 0 Å². The van der Waals surface area contributed by atoms with Gasteiger partial charge in [-0.3, -0.25) is 4.79 Å². The Balaban J connectivity index is 2.04. The minimum Gasteiger partial charge on any atom is -0.490 e. The normalized spacial score (nSPS) is 10.5. The molecule has 0 unspecified atom stereocenters. The van der Waals surface area contributed by atoms with Crippen LogP contribution in [0.3, 0.4) is 0 Å². The van der Waals surface area contributed by atoms with Gasteiger partial charge in [-0.1, -0.05) is 6.07 Å². The zero-order valence-electron chi connectivity index (χ0n) is 14.7. The van der Waals surface area contributed by atoms with Crippen molar-refractivity contribution in [3.8, 4) is 11.5 Å². The zero-order valence-corrected chi connectivity index (χ0v) is 14.7. The van der Waals surface area contributed by atoms with Crippen LogP contribution >= 0.6 is 0 Å². The van der Waals surface area contributed by atoms with Crippen molar-refractivity contribution in [2.45, 2.75) is 13.8 Å². The van der Waals surface area contributed by atoms with Gasteiger partial charge in [0, 0.05) is 11.8 Å². The third kappa shape index (κ3) is 5.37. The maximum Gasteiger partial charge on any atom is 0.335 e. The number of nitrogens with one attached hydrogen (secondary N) is 1. The maximum absolute atomic E-state index is 12.0. The number of hydrogen-bond acceptors (Lipinski definition) is 4. The van der Waals surface area contributed by atoms with Crippen molar-refractivity contribution in [3.05, 3.63) is 59.7 Å². The van der Waals surface area contributed by atoms with Gasteiger partial charge in [-0.05, 0) is 61.9 Å². The lowest BCUT2D eigenvalue weighted by Gasteiger charge is -2.11. The smallest absolute Gasteiger partial charge is 0.335 e. The molecule has 0 fully saturated rings. The van der Waals surface area contributed by atoms with E-state index in [0.29, 0.717) is 30.4 Å². The largest absolute Gasteiger partial charge is 0.490 e. The van der Waals surface area contributed by atoms with Gasteiger partial charge < -0.3 is 19.9 Å². The molecule has 0 bridgehead atoms. The fourth-order valence-electron chi connectivity index (χ4n) is 2.22. The first kappa shape index (κ1) is 19.1. The lowest BCUT2D eigenvalue weighted by Crippen LogP contribution is -2.08. The van der Waals surface area contributed by atoms with Crippen LogP contribution < -0.4 is 14.8 Å². The summed E-state index contributed by atoms with van der Waals surface area (Å²) in [4.78, 5) is 22.8. The average molecular weight is 355 g/mol. The summed E-state index contributed by atoms with van der Waals surface area (Å²) < 4.78 is 11.1. The predicted octanol–water partition coefficient (Wildman–Crippen LogP) is 3.83. The van der Waals surface area contributed by atoms with E-state index >= 15 is 0 Å². The molecule has 2 rings (SSSR count). The lowest BCUT2D eigenvalue weighted by molar-refractivity contribution is -0.111. The summed E-state index contributed by atoms with van der Waals surface area (Å²) >= 11 is 0. The molecule has 0 aliphatic carbocycles. The van der Waals surface area contributed by atoms with Crippen molar-refractivity contribution in [1.82, 2.24) is 0 Å². The molecule has 0 spiro atoms. The van der Waals surface area contributed by atoms with E-state index in [9.17, 15) is 9.59 Å². The molecule has 2 aromatic rings. The van der Waals surface area contributed by atoms with Crippen LogP contribution in [0.2, 0.25) is 0 Å². The molecule has 2 N–H and O–H groups in total. The van der Waals surface area contributed by atoms with Gasteiger partial charge in [0.1, 0.15) is 0 Å². The van der Waals surface area contributed by atoms with E-state index in [-0.39, 0.29) is 11.5 Å². The molecular weight excluding hydrogens is 334 g/mol. The Kier molecular flexibility index (Phi) is 6.79. The molecule has 0 aromatic heterocycles. The Morgan fingerprint density at radius 2 is 1.65 bits per heavy atom. The Morgan fingerprint density at radius 3 is 2.27 bits per heavy atom. The van der Waals surface area contributed by atoms with Crippen molar-refractivity contribution in [3.63, 3.8) is 0 Å². The number of amides is 1. The van der Waals surface area contributed by atoms with Crippen molar-refractivity contribution >= 4 is 23.6 Å². The summed E-state index contributed by atoms with van der Waals surface area (Å²) in [6.07, 6.45) is 3.07. The van der Waals surface area contributed by atoms with E-state index < -0.39 is 5.97 Å². The standard InChI is InChI=1S/C20H21NO5/c1-3-25-17-11-5-14(13-18(17)26-4-2)6-12-19(22)21-16-9-7-15(8-10-16)20(23)24/h5-13H,3-4H2,1-2H3,(H,21,22)(H,23,24). The number of aromatic carboxylic acids is 1. The number of hydrogen-bond donors (Lipinski definition) is 2. The number of carboxylic acid groups (broad SMARTS) is 1. The second kappa shape index (κ2) is 9.27. The number of anilines is 1. The van der Waals surface area contributed by atoms with E-state index in [2.05, 4.69) is 5.32 Å². The molecule has 1 amide bonds. The summed E-state index contributed by atoms with van der Waals surface area (Å²) in [7, 11) is 0. The summed E-state index contributed by atoms with van der Waals surface area (Å²) in [6.45, 7) is 4.84. The molecule has 0 aliphatic heterocycles. The molecule has 0 atom stereocenters. The topological polar surface area (TPSA) is 84.9 Å². The van der Waals surface area contributed by atoms with Crippen molar-refractivity contribution in [1.29, 1.82) is 0 Å². The second-order valence-corrected chi connectivity index (χ2v) is 5.28.